The van der Waals surface area contributed by atoms with Crippen LogP contribution in [0.1, 0.15) is 42.4 Å². The van der Waals surface area contributed by atoms with E-state index in [1.54, 1.807) is 24.3 Å². The van der Waals surface area contributed by atoms with E-state index in [0.717, 1.165) is 25.0 Å². The zero-order valence-corrected chi connectivity index (χ0v) is 17.6. The van der Waals surface area contributed by atoms with Crippen LogP contribution in [0.2, 0.25) is 0 Å². The number of benzodiazepines with no additional fused rings is 1. The van der Waals surface area contributed by atoms with Crippen LogP contribution >= 0.6 is 0 Å². The van der Waals surface area contributed by atoms with Crippen molar-refractivity contribution in [1.82, 2.24) is 9.80 Å². The van der Waals surface area contributed by atoms with Crippen LogP contribution in [0.25, 0.3) is 0 Å². The molecular formula is C23H24F3N4O2+. The van der Waals surface area contributed by atoms with Gasteiger partial charge in [0.2, 0.25) is 0 Å². The van der Waals surface area contributed by atoms with E-state index in [9.17, 15) is 22.8 Å². The molecular weight excluding hydrogens is 421 g/mol. The summed E-state index contributed by atoms with van der Waals surface area (Å²) in [5.74, 6) is -0.460. The van der Waals surface area contributed by atoms with Crippen molar-refractivity contribution in [3.8, 4) is 0 Å². The van der Waals surface area contributed by atoms with Crippen LogP contribution in [0.4, 0.5) is 23.7 Å². The lowest BCUT2D eigenvalue weighted by Gasteiger charge is -2.33. The average Bonchev–Trinajstić information content (AvgIpc) is 3.14. The number of carbonyl (C=O) groups excluding carboxylic acids is 2. The van der Waals surface area contributed by atoms with E-state index in [4.69, 9.17) is 5.73 Å². The Kier molecular flexibility index (Phi) is 5.42. The molecule has 6 nitrogen and oxygen atoms in total. The molecule has 0 radical (unpaired) electrons. The molecule has 0 spiro atoms. The Balaban J connectivity index is 1.76. The lowest BCUT2D eigenvalue weighted by Crippen LogP contribution is -2.66. The Labute approximate surface area is 183 Å². The molecule has 2 aliphatic rings. The van der Waals surface area contributed by atoms with E-state index in [2.05, 4.69) is 10.3 Å². The van der Waals surface area contributed by atoms with E-state index in [0.29, 0.717) is 35.4 Å². The van der Waals surface area contributed by atoms with Gasteiger partial charge in [-0.2, -0.15) is 13.2 Å². The third-order valence-electron chi connectivity index (χ3n) is 6.26. The molecule has 1 heterocycles. The molecule has 1 unspecified atom stereocenters. The van der Waals surface area contributed by atoms with Gasteiger partial charge in [0.05, 0.1) is 29.5 Å². The van der Waals surface area contributed by atoms with Crippen molar-refractivity contribution in [3.63, 3.8) is 0 Å². The van der Waals surface area contributed by atoms with E-state index in [1.807, 2.05) is 0 Å². The second kappa shape index (κ2) is 7.83. The summed E-state index contributed by atoms with van der Waals surface area (Å²) in [4.78, 5) is 31.0. The first kappa shape index (κ1) is 22.2. The quantitative estimate of drug-likeness (QED) is 0.542. The van der Waals surface area contributed by atoms with Crippen LogP contribution in [0.3, 0.4) is 0 Å². The highest BCUT2D eigenvalue weighted by molar-refractivity contribution is 6.22. The first-order valence-electron chi connectivity index (χ1n) is 10.4. The van der Waals surface area contributed by atoms with Crippen molar-refractivity contribution < 1.29 is 22.8 Å². The Bertz CT molecular complexity index is 1090. The van der Waals surface area contributed by atoms with E-state index in [-0.39, 0.29) is 6.54 Å². The normalized spacial score (nSPS) is 22.7. The lowest BCUT2D eigenvalue weighted by atomic mass is 9.98. The topological polar surface area (TPSA) is 84.5 Å². The number of halogens is 3. The second-order valence-electron chi connectivity index (χ2n) is 8.45. The molecule has 4 rings (SSSR count). The van der Waals surface area contributed by atoms with Gasteiger partial charge < -0.3 is 5.73 Å². The third-order valence-corrected chi connectivity index (χ3v) is 6.26. The molecule has 9 heteroatoms. The average molecular weight is 445 g/mol. The maximum atomic E-state index is 13.4. The van der Waals surface area contributed by atoms with Crippen LogP contribution in [-0.4, -0.2) is 36.9 Å². The van der Waals surface area contributed by atoms with Gasteiger partial charge in [-0.25, -0.2) is 9.59 Å². The number of rotatable bonds is 2. The Morgan fingerprint density at radius 3 is 2.34 bits per heavy atom. The fourth-order valence-electron chi connectivity index (χ4n) is 4.31. The minimum atomic E-state index is -4.45. The predicted molar refractivity (Wildman–Crippen MR) is 115 cm³/mol. The second-order valence-corrected chi connectivity index (χ2v) is 8.45. The Morgan fingerprint density at radius 2 is 1.72 bits per heavy atom. The van der Waals surface area contributed by atoms with Crippen LogP contribution in [0, 0.1) is 0 Å². The number of fused-ring (bicyclic) bond motifs is 1. The number of quaternary nitrogens is 1. The Hall–Kier alpha value is -3.04. The van der Waals surface area contributed by atoms with Crippen molar-refractivity contribution >= 4 is 23.3 Å². The van der Waals surface area contributed by atoms with Gasteiger partial charge in [-0.15, -0.1) is 4.48 Å². The van der Waals surface area contributed by atoms with Crippen LogP contribution < -0.4 is 15.5 Å². The summed E-state index contributed by atoms with van der Waals surface area (Å²) in [6.07, 6.45) is -1.41. The molecule has 2 aromatic rings. The van der Waals surface area contributed by atoms with Crippen molar-refractivity contribution in [2.24, 2.45) is 10.7 Å². The van der Waals surface area contributed by atoms with E-state index < -0.39 is 33.8 Å². The number of benzene rings is 2. The van der Waals surface area contributed by atoms with Crippen molar-refractivity contribution in [1.29, 1.82) is 0 Å². The molecule has 3 amide bonds. The Morgan fingerprint density at radius 1 is 1.09 bits per heavy atom. The number of alkyl halides is 3. The molecule has 1 fully saturated rings. The number of hydrogen-bond acceptors (Lipinski definition) is 4. The number of amides is 3. The first-order chi connectivity index (χ1) is 15.0. The van der Waals surface area contributed by atoms with Gasteiger partial charge in [-0.05, 0) is 43.9 Å². The van der Waals surface area contributed by atoms with E-state index in [1.165, 1.54) is 19.2 Å². The van der Waals surface area contributed by atoms with E-state index >= 15 is 0 Å². The summed E-state index contributed by atoms with van der Waals surface area (Å²) in [6.45, 7) is -0.299. The standard InChI is InChI=1S/C23H23F3N4O2/c1-30(21(32)29-22(27)12-4-5-13-22)18-7-3-2-6-17(18)20(28-14-19(30)31)15-8-10-16(11-9-15)23(24,25)26/h2-3,6-11H,4-5,12-14,27H2,1H3/p+1. The van der Waals surface area contributed by atoms with Gasteiger partial charge in [0, 0.05) is 11.6 Å². The number of nitrogens with one attached hydrogen (secondary N) is 1. The number of carbonyl (C=O) groups is 2. The number of aliphatic imine (C=N–C) groups is 1. The predicted octanol–water partition coefficient (Wildman–Crippen LogP) is 3.96. The highest BCUT2D eigenvalue weighted by Crippen LogP contribution is 2.34. The molecule has 1 aliphatic heterocycles. The number of nitrogens with two attached hydrogens (primary N) is 1. The van der Waals surface area contributed by atoms with Crippen molar-refractivity contribution in [2.45, 2.75) is 37.5 Å². The summed E-state index contributed by atoms with van der Waals surface area (Å²) in [5, 5.41) is 2.86. The maximum Gasteiger partial charge on any atom is 0.430 e. The smallest absolute Gasteiger partial charge is 0.309 e. The number of para-hydroxylation sites is 1. The SMILES string of the molecule is C[N+]1(C(=O)NC2(N)CCCC2)C(=O)CN=C(c2ccc(C(F)(F)F)cc2)c2ccccc21. The summed E-state index contributed by atoms with van der Waals surface area (Å²) < 4.78 is 38.2. The number of nitrogens with zero attached hydrogens (tertiary/aromatic N) is 2. The van der Waals surface area contributed by atoms with Gasteiger partial charge >= 0.3 is 18.1 Å². The molecule has 168 valence electrons. The zero-order chi connectivity index (χ0) is 23.1. The number of imide groups is 1. The fraction of sp³-hybridized carbons (Fsp3) is 0.348. The summed E-state index contributed by atoms with van der Waals surface area (Å²) in [5.41, 5.74) is 6.38. The summed E-state index contributed by atoms with van der Waals surface area (Å²) >= 11 is 0. The van der Waals surface area contributed by atoms with Crippen molar-refractivity contribution in [2.75, 3.05) is 13.6 Å². The van der Waals surface area contributed by atoms with Gasteiger partial charge in [0.25, 0.3) is 0 Å². The highest BCUT2D eigenvalue weighted by Gasteiger charge is 2.48. The lowest BCUT2D eigenvalue weighted by molar-refractivity contribution is -0.137. The fourth-order valence-corrected chi connectivity index (χ4v) is 4.31. The molecule has 1 atom stereocenters. The molecule has 2 aromatic carbocycles. The van der Waals surface area contributed by atoms with Gasteiger partial charge in [-0.3, -0.25) is 10.3 Å². The summed E-state index contributed by atoms with van der Waals surface area (Å²) in [6, 6.07) is 10.9. The minimum absolute atomic E-state index is 0.299. The molecule has 0 bridgehead atoms. The van der Waals surface area contributed by atoms with Gasteiger partial charge in [0.15, 0.2) is 12.2 Å². The zero-order valence-electron chi connectivity index (χ0n) is 17.6. The van der Waals surface area contributed by atoms with Crippen LogP contribution in [0.5, 0.6) is 0 Å². The molecule has 32 heavy (non-hydrogen) atoms. The molecule has 3 N–H and O–H groups in total. The first-order valence-corrected chi connectivity index (χ1v) is 10.4. The summed E-state index contributed by atoms with van der Waals surface area (Å²) in [7, 11) is 1.50. The number of urea groups is 1. The van der Waals surface area contributed by atoms with Gasteiger partial charge in [-0.1, -0.05) is 24.3 Å². The van der Waals surface area contributed by atoms with Crippen LogP contribution in [-0.2, 0) is 11.0 Å². The van der Waals surface area contributed by atoms with Gasteiger partial charge in [0.1, 0.15) is 0 Å². The highest BCUT2D eigenvalue weighted by atomic mass is 19.4. The number of likely N-dealkylation sites (N-methyl/N-ethyl adjacent to an activating group) is 1. The largest absolute Gasteiger partial charge is 0.430 e. The van der Waals surface area contributed by atoms with Crippen LogP contribution in [0.15, 0.2) is 53.5 Å². The number of hydrogen-bond donors (Lipinski definition) is 2. The molecule has 0 saturated heterocycles. The molecule has 1 saturated carbocycles. The third kappa shape index (κ3) is 3.82. The molecule has 1 aliphatic carbocycles. The molecule has 0 aromatic heterocycles. The monoisotopic (exact) mass is 445 g/mol. The maximum absolute atomic E-state index is 13.4. The minimum Gasteiger partial charge on any atom is -0.309 e. The van der Waals surface area contributed by atoms with Crippen molar-refractivity contribution in [3.05, 3.63) is 65.2 Å².